The van der Waals surface area contributed by atoms with E-state index >= 15 is 0 Å². The second-order valence-corrected chi connectivity index (χ2v) is 5.48. The molecule has 7 nitrogen and oxygen atoms in total. The van der Waals surface area contributed by atoms with Gasteiger partial charge in [0.1, 0.15) is 5.76 Å². The van der Waals surface area contributed by atoms with Crippen LogP contribution in [0.15, 0.2) is 50.6 Å². The summed E-state index contributed by atoms with van der Waals surface area (Å²) in [6, 6.07) is 8.46. The summed E-state index contributed by atoms with van der Waals surface area (Å²) in [4.78, 5) is 40.2. The first-order valence-electron chi connectivity index (χ1n) is 7.56. The van der Waals surface area contributed by atoms with Crippen LogP contribution in [0.1, 0.15) is 23.0 Å². The number of fused-ring (bicyclic) bond motifs is 1. The standard InChI is InChI=1S/C17H17N3O4/c1-3-20-14-7-6-11(9-13(14)18-15(21)17(20)23)16(22)19(2)10-12-5-4-8-24-12/h4-9H,3,10H2,1-2H3,(H,18,21). The Labute approximate surface area is 137 Å². The van der Waals surface area contributed by atoms with E-state index in [2.05, 4.69) is 4.98 Å². The lowest BCUT2D eigenvalue weighted by molar-refractivity contribution is 0.0775. The van der Waals surface area contributed by atoms with Crippen LogP contribution in [0.5, 0.6) is 0 Å². The molecule has 1 N–H and O–H groups in total. The Morgan fingerprint density at radius 3 is 2.75 bits per heavy atom. The van der Waals surface area contributed by atoms with Crippen molar-refractivity contribution >= 4 is 16.9 Å². The maximum atomic E-state index is 12.5. The number of aryl methyl sites for hydroxylation is 1. The number of furan rings is 1. The Hall–Kier alpha value is -3.09. The van der Waals surface area contributed by atoms with Crippen LogP contribution in [0.2, 0.25) is 0 Å². The first kappa shape index (κ1) is 15.8. The van der Waals surface area contributed by atoms with E-state index in [1.54, 1.807) is 50.6 Å². The molecule has 7 heteroatoms. The van der Waals surface area contributed by atoms with E-state index in [1.165, 1.54) is 9.47 Å². The topological polar surface area (TPSA) is 88.3 Å². The van der Waals surface area contributed by atoms with Crippen molar-refractivity contribution in [3.8, 4) is 0 Å². The summed E-state index contributed by atoms with van der Waals surface area (Å²) in [5, 5.41) is 0. The van der Waals surface area contributed by atoms with Crippen LogP contribution in [0.25, 0.3) is 11.0 Å². The molecule has 0 radical (unpaired) electrons. The number of carbonyl (C=O) groups excluding carboxylic acids is 1. The second kappa shape index (κ2) is 6.19. The Bertz CT molecular complexity index is 999. The maximum absolute atomic E-state index is 12.5. The molecule has 0 unspecified atom stereocenters. The van der Waals surface area contributed by atoms with Crippen molar-refractivity contribution in [3.05, 3.63) is 68.6 Å². The van der Waals surface area contributed by atoms with Crippen LogP contribution < -0.4 is 11.1 Å². The van der Waals surface area contributed by atoms with Gasteiger partial charge in [-0.05, 0) is 37.3 Å². The van der Waals surface area contributed by atoms with Crippen LogP contribution in [-0.2, 0) is 13.1 Å². The fourth-order valence-electron chi connectivity index (χ4n) is 2.65. The summed E-state index contributed by atoms with van der Waals surface area (Å²) in [5.74, 6) is 0.475. The zero-order valence-corrected chi connectivity index (χ0v) is 13.4. The van der Waals surface area contributed by atoms with Gasteiger partial charge < -0.3 is 18.9 Å². The van der Waals surface area contributed by atoms with Crippen LogP contribution in [0, 0.1) is 0 Å². The Kier molecular flexibility index (Phi) is 4.07. The number of H-pyrrole nitrogens is 1. The average Bonchev–Trinajstić information content (AvgIpc) is 3.08. The zero-order chi connectivity index (χ0) is 17.3. The summed E-state index contributed by atoms with van der Waals surface area (Å²) in [6.45, 7) is 2.51. The zero-order valence-electron chi connectivity index (χ0n) is 13.4. The monoisotopic (exact) mass is 327 g/mol. The third-order valence-corrected chi connectivity index (χ3v) is 3.86. The number of hydrogen-bond donors (Lipinski definition) is 1. The molecular formula is C17H17N3O4. The van der Waals surface area contributed by atoms with Gasteiger partial charge in [-0.25, -0.2) is 0 Å². The fraction of sp³-hybridized carbons (Fsp3) is 0.235. The third kappa shape index (κ3) is 2.76. The van der Waals surface area contributed by atoms with Crippen LogP contribution in [-0.4, -0.2) is 27.4 Å². The van der Waals surface area contributed by atoms with E-state index in [1.807, 2.05) is 0 Å². The lowest BCUT2D eigenvalue weighted by atomic mass is 10.1. The molecule has 0 spiro atoms. The minimum Gasteiger partial charge on any atom is -0.467 e. The molecule has 1 amide bonds. The SMILES string of the molecule is CCn1c(=O)c(=O)[nH]c2cc(C(=O)N(C)Cc3ccco3)ccc21. The van der Waals surface area contributed by atoms with E-state index in [0.717, 1.165) is 0 Å². The molecule has 0 fully saturated rings. The summed E-state index contributed by atoms with van der Waals surface area (Å²) < 4.78 is 6.62. The molecule has 0 aliphatic carbocycles. The maximum Gasteiger partial charge on any atom is 0.316 e. The first-order valence-corrected chi connectivity index (χ1v) is 7.56. The van der Waals surface area contributed by atoms with E-state index in [0.29, 0.717) is 35.4 Å². The number of nitrogens with zero attached hydrogens (tertiary/aromatic N) is 2. The molecule has 2 heterocycles. The van der Waals surface area contributed by atoms with Crippen molar-refractivity contribution in [1.29, 1.82) is 0 Å². The molecule has 24 heavy (non-hydrogen) atoms. The van der Waals surface area contributed by atoms with Crippen LogP contribution in [0.3, 0.4) is 0 Å². The van der Waals surface area contributed by atoms with E-state index < -0.39 is 11.1 Å². The highest BCUT2D eigenvalue weighted by Gasteiger charge is 2.15. The molecule has 2 aromatic heterocycles. The number of amides is 1. The quantitative estimate of drug-likeness (QED) is 0.737. The van der Waals surface area contributed by atoms with Crippen molar-refractivity contribution in [2.24, 2.45) is 0 Å². The predicted molar refractivity (Wildman–Crippen MR) is 89.0 cm³/mol. The molecule has 3 aromatic rings. The molecule has 1 aromatic carbocycles. The Balaban J connectivity index is 1.98. The smallest absolute Gasteiger partial charge is 0.316 e. The summed E-state index contributed by atoms with van der Waals surface area (Å²) in [6.07, 6.45) is 1.55. The molecule has 0 bridgehead atoms. The van der Waals surface area contributed by atoms with Crippen molar-refractivity contribution in [3.63, 3.8) is 0 Å². The Morgan fingerprint density at radius 2 is 2.08 bits per heavy atom. The normalized spacial score (nSPS) is 10.9. The van der Waals surface area contributed by atoms with Crippen molar-refractivity contribution in [1.82, 2.24) is 14.5 Å². The molecule has 0 saturated heterocycles. The van der Waals surface area contributed by atoms with Crippen LogP contribution >= 0.6 is 0 Å². The van der Waals surface area contributed by atoms with E-state index in [4.69, 9.17) is 4.42 Å². The molecule has 0 saturated carbocycles. The number of nitrogens with one attached hydrogen (secondary N) is 1. The summed E-state index contributed by atoms with van der Waals surface area (Å²) in [7, 11) is 1.67. The molecule has 0 aliphatic rings. The van der Waals surface area contributed by atoms with Gasteiger partial charge in [-0.3, -0.25) is 14.4 Å². The summed E-state index contributed by atoms with van der Waals surface area (Å²) >= 11 is 0. The fourth-order valence-corrected chi connectivity index (χ4v) is 2.65. The first-order chi connectivity index (χ1) is 11.5. The third-order valence-electron chi connectivity index (χ3n) is 3.86. The number of benzene rings is 1. The minimum absolute atomic E-state index is 0.205. The molecule has 0 atom stereocenters. The van der Waals surface area contributed by atoms with Crippen molar-refractivity contribution < 1.29 is 9.21 Å². The lowest BCUT2D eigenvalue weighted by Crippen LogP contribution is -2.36. The van der Waals surface area contributed by atoms with Crippen molar-refractivity contribution in [2.75, 3.05) is 7.05 Å². The Morgan fingerprint density at radius 1 is 1.29 bits per heavy atom. The highest BCUT2D eigenvalue weighted by molar-refractivity contribution is 5.97. The van der Waals surface area contributed by atoms with Gasteiger partial charge in [-0.1, -0.05) is 0 Å². The largest absolute Gasteiger partial charge is 0.467 e. The van der Waals surface area contributed by atoms with Gasteiger partial charge in [0, 0.05) is 19.2 Å². The number of aromatic amines is 1. The average molecular weight is 327 g/mol. The highest BCUT2D eigenvalue weighted by atomic mass is 16.3. The van der Waals surface area contributed by atoms with Gasteiger partial charge in [0.2, 0.25) is 0 Å². The molecule has 0 aliphatic heterocycles. The predicted octanol–water partition coefficient (Wildman–Crippen LogP) is 1.57. The number of aromatic nitrogens is 2. The van der Waals surface area contributed by atoms with E-state index in [9.17, 15) is 14.4 Å². The molecule has 124 valence electrons. The number of rotatable bonds is 4. The number of hydrogen-bond acceptors (Lipinski definition) is 4. The summed E-state index contributed by atoms with van der Waals surface area (Å²) in [5.41, 5.74) is 0.177. The highest BCUT2D eigenvalue weighted by Crippen LogP contribution is 2.14. The van der Waals surface area contributed by atoms with Gasteiger partial charge in [0.05, 0.1) is 23.8 Å². The minimum atomic E-state index is -0.696. The molecule has 3 rings (SSSR count). The molecular weight excluding hydrogens is 310 g/mol. The second-order valence-electron chi connectivity index (χ2n) is 5.48. The van der Waals surface area contributed by atoms with Gasteiger partial charge in [0.15, 0.2) is 0 Å². The van der Waals surface area contributed by atoms with Crippen molar-refractivity contribution in [2.45, 2.75) is 20.0 Å². The number of carbonyl (C=O) groups is 1. The van der Waals surface area contributed by atoms with Crippen LogP contribution in [0.4, 0.5) is 0 Å². The van der Waals surface area contributed by atoms with Gasteiger partial charge in [0.25, 0.3) is 5.91 Å². The van der Waals surface area contributed by atoms with Gasteiger partial charge in [-0.2, -0.15) is 0 Å². The van der Waals surface area contributed by atoms with E-state index in [-0.39, 0.29) is 5.91 Å². The van der Waals surface area contributed by atoms with Gasteiger partial charge in [-0.15, -0.1) is 0 Å². The van der Waals surface area contributed by atoms with Gasteiger partial charge >= 0.3 is 11.1 Å². The lowest BCUT2D eigenvalue weighted by Gasteiger charge is -2.16.